The van der Waals surface area contributed by atoms with Crippen LogP contribution < -0.4 is 0 Å². The highest BCUT2D eigenvalue weighted by atomic mass is 32.2. The third-order valence-corrected chi connectivity index (χ3v) is 11.4. The Balaban J connectivity index is 2.06. The molecule has 3 rings (SSSR count). The van der Waals surface area contributed by atoms with Gasteiger partial charge in [0, 0.05) is 22.8 Å². The van der Waals surface area contributed by atoms with E-state index in [9.17, 15) is 21.6 Å². The second-order valence-electron chi connectivity index (χ2n) is 10.1. The second kappa shape index (κ2) is 10.3. The van der Waals surface area contributed by atoms with Crippen LogP contribution in [0.25, 0.3) is 10.4 Å². The van der Waals surface area contributed by atoms with Gasteiger partial charge in [0.15, 0.2) is 9.84 Å². The van der Waals surface area contributed by atoms with Crippen LogP contribution in [0, 0.1) is 0 Å². The fourth-order valence-electron chi connectivity index (χ4n) is 4.36. The minimum absolute atomic E-state index is 0.0137. The molecule has 194 valence electrons. The molecule has 0 amide bonds. The molecule has 1 aromatic heterocycles. The van der Waals surface area contributed by atoms with Crippen molar-refractivity contribution >= 4 is 37.2 Å². The van der Waals surface area contributed by atoms with Crippen molar-refractivity contribution in [3.05, 3.63) is 46.8 Å². The van der Waals surface area contributed by atoms with Gasteiger partial charge in [-0.15, -0.1) is 11.3 Å². The highest BCUT2D eigenvalue weighted by Crippen LogP contribution is 2.45. The number of benzene rings is 1. The summed E-state index contributed by atoms with van der Waals surface area (Å²) in [7, 11) is -7.48. The zero-order valence-corrected chi connectivity index (χ0v) is 23.5. The van der Waals surface area contributed by atoms with Gasteiger partial charge < -0.3 is 4.74 Å². The minimum atomic E-state index is -3.90. The number of ether oxygens (including phenoxy) is 1. The topological polar surface area (TPSA) is 97.8 Å². The quantitative estimate of drug-likeness (QED) is 0.483. The number of carbonyl (C=O) groups excluding carboxylic acids is 1. The van der Waals surface area contributed by atoms with E-state index in [0.29, 0.717) is 4.88 Å². The molecule has 1 aromatic carbocycles. The number of esters is 1. The highest BCUT2D eigenvalue weighted by Gasteiger charge is 2.50. The van der Waals surface area contributed by atoms with Crippen molar-refractivity contribution in [3.63, 3.8) is 0 Å². The third kappa shape index (κ3) is 6.53. The van der Waals surface area contributed by atoms with Crippen LogP contribution in [0.5, 0.6) is 0 Å². The van der Waals surface area contributed by atoms with E-state index in [1.54, 1.807) is 26.8 Å². The molecule has 0 saturated carbocycles. The van der Waals surface area contributed by atoms with Gasteiger partial charge in [0.1, 0.15) is 10.3 Å². The summed E-state index contributed by atoms with van der Waals surface area (Å²) in [5.74, 6) is -0.977. The first-order valence-electron chi connectivity index (χ1n) is 11.8. The molecule has 35 heavy (non-hydrogen) atoms. The summed E-state index contributed by atoms with van der Waals surface area (Å²) in [5.41, 5.74) is 1.44. The molecule has 2 heterocycles. The molecule has 1 aliphatic rings. The van der Waals surface area contributed by atoms with Crippen molar-refractivity contribution in [3.8, 4) is 10.4 Å². The number of sulfonamides is 1. The predicted molar refractivity (Wildman–Crippen MR) is 141 cm³/mol. The van der Waals surface area contributed by atoms with E-state index < -0.39 is 36.2 Å². The van der Waals surface area contributed by atoms with Crippen molar-refractivity contribution in [2.45, 2.75) is 63.7 Å². The number of hydrogen-bond donors (Lipinski definition) is 0. The Labute approximate surface area is 213 Å². The van der Waals surface area contributed by atoms with Gasteiger partial charge in [-0.25, -0.2) is 21.1 Å². The third-order valence-electron chi connectivity index (χ3n) is 6.12. The molecule has 1 saturated heterocycles. The van der Waals surface area contributed by atoms with E-state index in [4.69, 9.17) is 4.74 Å². The molecule has 10 heteroatoms. The van der Waals surface area contributed by atoms with Gasteiger partial charge in [-0.05, 0) is 56.9 Å². The summed E-state index contributed by atoms with van der Waals surface area (Å²) in [5, 5.41) is 0. The summed E-state index contributed by atoms with van der Waals surface area (Å²) in [4.78, 5) is 14.4. The number of thiophene rings is 1. The lowest BCUT2D eigenvalue weighted by Crippen LogP contribution is -2.40. The average molecular weight is 542 g/mol. The lowest BCUT2D eigenvalue weighted by Gasteiger charge is -2.31. The van der Waals surface area contributed by atoms with E-state index in [0.717, 1.165) is 29.5 Å². The molecular formula is C25H35NO6S3. The normalized spacial score (nSPS) is 21.4. The molecule has 1 atom stereocenters. The number of hydrogen-bond acceptors (Lipinski definition) is 7. The van der Waals surface area contributed by atoms with Gasteiger partial charge in [0.25, 0.3) is 0 Å². The number of sulfone groups is 1. The standard InChI is InChI=1S/C25H35NO6S3/c1-6-7-19-8-10-20(11-9-19)21-12-13-22(33-21)25(18-23(27)32-24(2,3)4)14-15-26(34(5,28)29)16-17-35(25,30)31/h8-13H,6-7,14-18H2,1-5H3/t25-/m0/s1. The molecule has 0 unspecified atom stereocenters. The maximum Gasteiger partial charge on any atom is 0.308 e. The molecule has 7 nitrogen and oxygen atoms in total. The van der Waals surface area contributed by atoms with Crippen LogP contribution in [0.4, 0.5) is 0 Å². The number of carbonyl (C=O) groups is 1. The van der Waals surface area contributed by atoms with E-state index in [-0.39, 0.29) is 31.7 Å². The van der Waals surface area contributed by atoms with Crippen molar-refractivity contribution in [2.75, 3.05) is 25.1 Å². The maximum atomic E-state index is 13.7. The Morgan fingerprint density at radius 3 is 2.34 bits per heavy atom. The fourth-order valence-corrected chi connectivity index (χ4v) is 8.91. The summed E-state index contributed by atoms with van der Waals surface area (Å²) >= 11 is 1.34. The Morgan fingerprint density at radius 2 is 1.77 bits per heavy atom. The van der Waals surface area contributed by atoms with Gasteiger partial charge in [-0.3, -0.25) is 4.79 Å². The van der Waals surface area contributed by atoms with Crippen LogP contribution in [-0.2, 0) is 40.6 Å². The molecule has 0 radical (unpaired) electrons. The molecule has 1 aliphatic heterocycles. The molecule has 1 fully saturated rings. The molecular weight excluding hydrogens is 506 g/mol. The van der Waals surface area contributed by atoms with E-state index in [1.165, 1.54) is 21.2 Å². The first kappa shape index (κ1) is 27.8. The zero-order valence-electron chi connectivity index (χ0n) is 21.0. The van der Waals surface area contributed by atoms with Crippen molar-refractivity contribution < 1.29 is 26.4 Å². The molecule has 0 bridgehead atoms. The smallest absolute Gasteiger partial charge is 0.308 e. The van der Waals surface area contributed by atoms with E-state index in [2.05, 4.69) is 19.1 Å². The first-order valence-corrected chi connectivity index (χ1v) is 16.1. The monoisotopic (exact) mass is 541 g/mol. The molecule has 0 aliphatic carbocycles. The predicted octanol–water partition coefficient (Wildman–Crippen LogP) is 4.37. The van der Waals surface area contributed by atoms with Crippen molar-refractivity contribution in [2.24, 2.45) is 0 Å². The maximum absolute atomic E-state index is 13.7. The van der Waals surface area contributed by atoms with Gasteiger partial charge in [-0.1, -0.05) is 37.6 Å². The van der Waals surface area contributed by atoms with E-state index in [1.807, 2.05) is 18.2 Å². The second-order valence-corrected chi connectivity index (χ2v) is 15.6. The SMILES string of the molecule is CCCc1ccc(-c2ccc([C@@]3(CC(=O)OC(C)(C)C)CCN(S(C)(=O)=O)CCS3(=O)=O)s2)cc1. The Hall–Kier alpha value is -1.75. The van der Waals surface area contributed by atoms with Crippen LogP contribution in [0.1, 0.15) is 57.4 Å². The first-order chi connectivity index (χ1) is 16.2. The van der Waals surface area contributed by atoms with Crippen LogP contribution in [0.2, 0.25) is 0 Å². The minimum Gasteiger partial charge on any atom is -0.460 e. The van der Waals surface area contributed by atoms with Gasteiger partial charge in [-0.2, -0.15) is 0 Å². The van der Waals surface area contributed by atoms with Gasteiger partial charge in [0.05, 0.1) is 18.4 Å². The van der Waals surface area contributed by atoms with Crippen LogP contribution >= 0.6 is 11.3 Å². The lowest BCUT2D eigenvalue weighted by molar-refractivity contribution is -0.155. The summed E-state index contributed by atoms with van der Waals surface area (Å²) < 4.78 is 57.0. The summed E-state index contributed by atoms with van der Waals surface area (Å²) in [6, 6.07) is 11.8. The van der Waals surface area contributed by atoms with Crippen molar-refractivity contribution in [1.82, 2.24) is 4.31 Å². The Bertz CT molecular complexity index is 1260. The molecule has 2 aromatic rings. The Kier molecular flexibility index (Phi) is 8.20. The lowest BCUT2D eigenvalue weighted by atomic mass is 9.97. The molecule has 0 N–H and O–H groups in total. The highest BCUT2D eigenvalue weighted by molar-refractivity contribution is 7.92. The summed E-state index contributed by atoms with van der Waals surface area (Å²) in [6.07, 6.45) is 2.74. The van der Waals surface area contributed by atoms with E-state index >= 15 is 0 Å². The molecule has 0 spiro atoms. The van der Waals surface area contributed by atoms with Crippen molar-refractivity contribution in [1.29, 1.82) is 0 Å². The van der Waals surface area contributed by atoms with Gasteiger partial charge in [0.2, 0.25) is 10.0 Å². The van der Waals surface area contributed by atoms with Crippen LogP contribution in [0.3, 0.4) is 0 Å². The van der Waals surface area contributed by atoms with Crippen LogP contribution in [-0.4, -0.2) is 57.8 Å². The fraction of sp³-hybridized carbons (Fsp3) is 0.560. The number of nitrogens with zero attached hydrogens (tertiary/aromatic N) is 1. The Morgan fingerprint density at radius 1 is 1.11 bits per heavy atom. The van der Waals surface area contributed by atoms with Gasteiger partial charge >= 0.3 is 5.97 Å². The number of rotatable bonds is 7. The average Bonchev–Trinajstić information content (AvgIpc) is 3.16. The van der Waals surface area contributed by atoms with Crippen LogP contribution in [0.15, 0.2) is 36.4 Å². The zero-order chi connectivity index (χ0) is 26.1. The largest absolute Gasteiger partial charge is 0.460 e. The summed E-state index contributed by atoms with van der Waals surface area (Å²) in [6.45, 7) is 7.21. The number of aryl methyl sites for hydroxylation is 1.